The van der Waals surface area contributed by atoms with Crippen LogP contribution in [0, 0.1) is 11.3 Å². The van der Waals surface area contributed by atoms with Gasteiger partial charge in [0.15, 0.2) is 0 Å². The van der Waals surface area contributed by atoms with Gasteiger partial charge in [0.25, 0.3) is 0 Å². The standard InChI is InChI=1S/C18H18N4O2/c19-12-13-6-8-17(18(23)24)21-16(13)9-7-15-10-11-20-22(15)14-4-2-1-3-5-14/h6-11,14H,1-5H2,(H,23,24)/b9-7+. The molecular formula is C18H18N4O2. The third-order valence-electron chi connectivity index (χ3n) is 4.30. The Morgan fingerprint density at radius 3 is 2.75 bits per heavy atom. The van der Waals surface area contributed by atoms with Crippen molar-refractivity contribution in [2.45, 2.75) is 38.1 Å². The third-order valence-corrected chi connectivity index (χ3v) is 4.30. The summed E-state index contributed by atoms with van der Waals surface area (Å²) in [6, 6.07) is 7.18. The molecule has 0 aliphatic heterocycles. The molecule has 0 spiro atoms. The molecule has 0 bridgehead atoms. The highest BCUT2D eigenvalue weighted by Crippen LogP contribution is 2.29. The topological polar surface area (TPSA) is 91.8 Å². The number of hydrogen-bond acceptors (Lipinski definition) is 4. The van der Waals surface area contributed by atoms with E-state index in [-0.39, 0.29) is 5.69 Å². The van der Waals surface area contributed by atoms with Crippen LogP contribution in [0.25, 0.3) is 12.2 Å². The maximum Gasteiger partial charge on any atom is 0.354 e. The number of nitrogens with zero attached hydrogens (tertiary/aromatic N) is 4. The van der Waals surface area contributed by atoms with E-state index in [1.54, 1.807) is 12.3 Å². The lowest BCUT2D eigenvalue weighted by atomic mass is 9.95. The van der Waals surface area contributed by atoms with Gasteiger partial charge in [-0.05, 0) is 43.2 Å². The number of rotatable bonds is 4. The maximum absolute atomic E-state index is 11.1. The van der Waals surface area contributed by atoms with Crippen LogP contribution in [0.2, 0.25) is 0 Å². The maximum atomic E-state index is 11.1. The predicted octanol–water partition coefficient (Wildman–Crippen LogP) is 3.52. The third kappa shape index (κ3) is 3.35. The summed E-state index contributed by atoms with van der Waals surface area (Å²) in [5.74, 6) is -1.11. The minimum Gasteiger partial charge on any atom is -0.477 e. The van der Waals surface area contributed by atoms with Crippen molar-refractivity contribution < 1.29 is 9.90 Å². The molecule has 1 fully saturated rings. The largest absolute Gasteiger partial charge is 0.477 e. The van der Waals surface area contributed by atoms with E-state index in [1.807, 2.05) is 22.9 Å². The van der Waals surface area contributed by atoms with Gasteiger partial charge in [0.2, 0.25) is 0 Å². The molecule has 2 aromatic rings. The molecule has 0 amide bonds. The van der Waals surface area contributed by atoms with Gasteiger partial charge in [0.1, 0.15) is 11.8 Å². The summed E-state index contributed by atoms with van der Waals surface area (Å²) in [6.07, 6.45) is 11.2. The van der Waals surface area contributed by atoms with Crippen LogP contribution < -0.4 is 0 Å². The second kappa shape index (κ2) is 7.09. The monoisotopic (exact) mass is 322 g/mol. The van der Waals surface area contributed by atoms with E-state index < -0.39 is 5.97 Å². The van der Waals surface area contributed by atoms with E-state index in [0.29, 0.717) is 17.3 Å². The summed E-state index contributed by atoms with van der Waals surface area (Å²) in [7, 11) is 0. The molecule has 1 N–H and O–H groups in total. The van der Waals surface area contributed by atoms with Gasteiger partial charge < -0.3 is 5.11 Å². The van der Waals surface area contributed by atoms with Crippen molar-refractivity contribution in [1.82, 2.24) is 14.8 Å². The Morgan fingerprint density at radius 2 is 2.04 bits per heavy atom. The summed E-state index contributed by atoms with van der Waals surface area (Å²) < 4.78 is 2.02. The Kier molecular flexibility index (Phi) is 4.71. The molecule has 2 heterocycles. The smallest absolute Gasteiger partial charge is 0.354 e. The van der Waals surface area contributed by atoms with Gasteiger partial charge in [-0.1, -0.05) is 19.3 Å². The van der Waals surface area contributed by atoms with E-state index in [2.05, 4.69) is 10.1 Å². The van der Waals surface area contributed by atoms with Crippen molar-refractivity contribution in [3.05, 3.63) is 47.0 Å². The number of carbonyl (C=O) groups is 1. The van der Waals surface area contributed by atoms with Crippen LogP contribution in [0.1, 0.15) is 65.6 Å². The van der Waals surface area contributed by atoms with Crippen molar-refractivity contribution in [2.24, 2.45) is 0 Å². The quantitative estimate of drug-likeness (QED) is 0.929. The molecule has 0 unspecified atom stereocenters. The zero-order chi connectivity index (χ0) is 16.9. The molecule has 0 atom stereocenters. The molecule has 0 aromatic carbocycles. The highest BCUT2D eigenvalue weighted by Gasteiger charge is 2.17. The zero-order valence-corrected chi connectivity index (χ0v) is 13.2. The first kappa shape index (κ1) is 15.9. The summed E-state index contributed by atoms with van der Waals surface area (Å²) in [6.45, 7) is 0. The van der Waals surface area contributed by atoms with Gasteiger partial charge in [-0.2, -0.15) is 10.4 Å². The minimum absolute atomic E-state index is 0.0746. The lowest BCUT2D eigenvalue weighted by Crippen LogP contribution is -2.15. The molecule has 122 valence electrons. The number of carboxylic acid groups (broad SMARTS) is 1. The fraction of sp³-hybridized carbons (Fsp3) is 0.333. The highest BCUT2D eigenvalue weighted by molar-refractivity contribution is 5.86. The molecule has 6 nitrogen and oxygen atoms in total. The van der Waals surface area contributed by atoms with Crippen LogP contribution in [0.15, 0.2) is 24.4 Å². The molecule has 0 saturated heterocycles. The van der Waals surface area contributed by atoms with Gasteiger partial charge in [-0.15, -0.1) is 0 Å². The fourth-order valence-corrected chi connectivity index (χ4v) is 3.07. The second-order valence-corrected chi connectivity index (χ2v) is 5.87. The fourth-order valence-electron chi connectivity index (χ4n) is 3.07. The average Bonchev–Trinajstić information content (AvgIpc) is 3.09. The molecule has 1 saturated carbocycles. The molecule has 1 aliphatic carbocycles. The van der Waals surface area contributed by atoms with Gasteiger partial charge in [-0.25, -0.2) is 9.78 Å². The van der Waals surface area contributed by atoms with Gasteiger partial charge in [-0.3, -0.25) is 4.68 Å². The average molecular weight is 322 g/mol. The zero-order valence-electron chi connectivity index (χ0n) is 13.2. The number of aromatic carboxylic acids is 1. The van der Waals surface area contributed by atoms with Gasteiger partial charge in [0.05, 0.1) is 23.0 Å². The first-order valence-electron chi connectivity index (χ1n) is 8.05. The summed E-state index contributed by atoms with van der Waals surface area (Å²) >= 11 is 0. The summed E-state index contributed by atoms with van der Waals surface area (Å²) in [5.41, 5.74) is 1.57. The Morgan fingerprint density at radius 1 is 1.25 bits per heavy atom. The van der Waals surface area contributed by atoms with Crippen LogP contribution in [0.4, 0.5) is 0 Å². The van der Waals surface area contributed by atoms with Crippen LogP contribution in [-0.2, 0) is 0 Å². The number of carboxylic acids is 1. The van der Waals surface area contributed by atoms with E-state index in [0.717, 1.165) is 18.5 Å². The predicted molar refractivity (Wildman–Crippen MR) is 89.2 cm³/mol. The normalized spacial score (nSPS) is 15.5. The molecule has 2 aromatic heterocycles. The molecule has 3 rings (SSSR count). The van der Waals surface area contributed by atoms with E-state index in [1.165, 1.54) is 31.4 Å². The van der Waals surface area contributed by atoms with Crippen LogP contribution in [-0.4, -0.2) is 25.8 Å². The highest BCUT2D eigenvalue weighted by atomic mass is 16.4. The first-order chi connectivity index (χ1) is 11.7. The lowest BCUT2D eigenvalue weighted by Gasteiger charge is -2.23. The van der Waals surface area contributed by atoms with Crippen molar-refractivity contribution in [2.75, 3.05) is 0 Å². The second-order valence-electron chi connectivity index (χ2n) is 5.87. The van der Waals surface area contributed by atoms with E-state index >= 15 is 0 Å². The molecular weight excluding hydrogens is 304 g/mol. The Bertz CT molecular complexity index is 811. The molecule has 6 heteroatoms. The van der Waals surface area contributed by atoms with Crippen LogP contribution in [0.5, 0.6) is 0 Å². The SMILES string of the molecule is N#Cc1ccc(C(=O)O)nc1/C=C/c1ccnn1C1CCCCC1. The minimum atomic E-state index is -1.11. The number of pyridine rings is 1. The van der Waals surface area contributed by atoms with Crippen molar-refractivity contribution in [1.29, 1.82) is 5.26 Å². The van der Waals surface area contributed by atoms with Crippen LogP contribution >= 0.6 is 0 Å². The number of aromatic nitrogens is 3. The molecule has 0 radical (unpaired) electrons. The molecule has 1 aliphatic rings. The first-order valence-corrected chi connectivity index (χ1v) is 8.05. The van der Waals surface area contributed by atoms with Gasteiger partial charge in [0, 0.05) is 6.20 Å². The van der Waals surface area contributed by atoms with Crippen molar-refractivity contribution >= 4 is 18.1 Å². The van der Waals surface area contributed by atoms with E-state index in [9.17, 15) is 10.1 Å². The summed E-state index contributed by atoms with van der Waals surface area (Å²) in [4.78, 5) is 15.1. The Labute approximate surface area is 140 Å². The Hall–Kier alpha value is -2.94. The van der Waals surface area contributed by atoms with Crippen molar-refractivity contribution in [3.63, 3.8) is 0 Å². The Balaban J connectivity index is 1.89. The van der Waals surface area contributed by atoms with Crippen molar-refractivity contribution in [3.8, 4) is 6.07 Å². The number of nitriles is 1. The van der Waals surface area contributed by atoms with E-state index in [4.69, 9.17) is 5.11 Å². The number of hydrogen-bond donors (Lipinski definition) is 1. The molecule has 24 heavy (non-hydrogen) atoms. The lowest BCUT2D eigenvalue weighted by molar-refractivity contribution is 0.0690. The van der Waals surface area contributed by atoms with Gasteiger partial charge >= 0.3 is 5.97 Å². The van der Waals surface area contributed by atoms with Crippen LogP contribution in [0.3, 0.4) is 0 Å². The summed E-state index contributed by atoms with van der Waals surface area (Å²) in [5, 5.41) is 22.7.